The first-order valence-corrected chi connectivity index (χ1v) is 10.2. The lowest BCUT2D eigenvalue weighted by atomic mass is 10.2. The van der Waals surface area contributed by atoms with Crippen molar-refractivity contribution in [3.8, 4) is 0 Å². The highest BCUT2D eigenvalue weighted by molar-refractivity contribution is 7.99. The zero-order valence-corrected chi connectivity index (χ0v) is 16.4. The average molecular weight is 405 g/mol. The maximum absolute atomic E-state index is 12.1. The Morgan fingerprint density at radius 1 is 1.23 bits per heavy atom. The minimum absolute atomic E-state index is 0.0225. The van der Waals surface area contributed by atoms with Crippen LogP contribution in [0.15, 0.2) is 64.9 Å². The fraction of sp³-hybridized carbons (Fsp3) is 0.167. The number of hydrogen-bond acceptors (Lipinski definition) is 5. The lowest BCUT2D eigenvalue weighted by Gasteiger charge is -2.07. The summed E-state index contributed by atoms with van der Waals surface area (Å²) in [6, 6.07) is 15.4. The van der Waals surface area contributed by atoms with Gasteiger partial charge in [-0.15, -0.1) is 22.0 Å². The Morgan fingerprint density at radius 3 is 2.73 bits per heavy atom. The summed E-state index contributed by atoms with van der Waals surface area (Å²) in [6.07, 6.45) is 1.66. The second kappa shape index (κ2) is 9.12. The number of aromatic nitrogens is 3. The van der Waals surface area contributed by atoms with Gasteiger partial charge in [-0.25, -0.2) is 0 Å². The van der Waals surface area contributed by atoms with Crippen LogP contribution in [0.1, 0.15) is 5.56 Å². The summed E-state index contributed by atoms with van der Waals surface area (Å²) in [5.74, 6) is 1.12. The molecule has 0 radical (unpaired) electrons. The molecule has 0 unspecified atom stereocenters. The SMILES string of the molecule is Cn1cnnc1Sc1ccc(NC(=O)CSCc2cccc(Cl)c2)cc1. The Labute approximate surface area is 165 Å². The zero-order chi connectivity index (χ0) is 18.4. The summed E-state index contributed by atoms with van der Waals surface area (Å²) in [5, 5.41) is 12.3. The van der Waals surface area contributed by atoms with Gasteiger partial charge in [0.15, 0.2) is 5.16 Å². The van der Waals surface area contributed by atoms with Crippen LogP contribution in [0.3, 0.4) is 0 Å². The van der Waals surface area contributed by atoms with Crippen molar-refractivity contribution < 1.29 is 4.79 Å². The number of benzene rings is 2. The van der Waals surface area contributed by atoms with E-state index in [4.69, 9.17) is 11.6 Å². The first-order valence-electron chi connectivity index (χ1n) is 7.84. The number of thioether (sulfide) groups is 1. The molecule has 0 saturated heterocycles. The summed E-state index contributed by atoms with van der Waals surface area (Å²) < 4.78 is 1.86. The molecule has 0 saturated carbocycles. The van der Waals surface area contributed by atoms with Crippen LogP contribution >= 0.6 is 35.1 Å². The molecule has 3 aromatic rings. The van der Waals surface area contributed by atoms with Gasteiger partial charge in [0.25, 0.3) is 0 Å². The van der Waals surface area contributed by atoms with Crippen molar-refractivity contribution in [1.29, 1.82) is 0 Å². The topological polar surface area (TPSA) is 59.8 Å². The molecule has 3 rings (SSSR count). The standard InChI is InChI=1S/C18H17ClN4OS2/c1-23-12-20-22-18(23)26-16-7-5-15(6-8-16)21-17(24)11-25-10-13-3-2-4-14(19)9-13/h2-9,12H,10-11H2,1H3,(H,21,24). The predicted octanol–water partition coefficient (Wildman–Crippen LogP) is 4.49. The van der Waals surface area contributed by atoms with Gasteiger partial charge in [-0.1, -0.05) is 23.7 Å². The van der Waals surface area contributed by atoms with Crippen LogP contribution in [0.25, 0.3) is 0 Å². The maximum atomic E-state index is 12.1. The van der Waals surface area contributed by atoms with E-state index in [0.717, 1.165) is 27.1 Å². The van der Waals surface area contributed by atoms with Crippen molar-refractivity contribution in [2.45, 2.75) is 15.8 Å². The van der Waals surface area contributed by atoms with Crippen molar-refractivity contribution in [2.75, 3.05) is 11.1 Å². The molecule has 0 aliphatic carbocycles. The highest BCUT2D eigenvalue weighted by Gasteiger charge is 2.06. The van der Waals surface area contributed by atoms with Crippen molar-refractivity contribution in [3.63, 3.8) is 0 Å². The molecule has 1 aromatic heterocycles. The fourth-order valence-corrected chi connectivity index (χ4v) is 3.91. The van der Waals surface area contributed by atoms with E-state index in [0.29, 0.717) is 10.8 Å². The van der Waals surface area contributed by atoms with E-state index < -0.39 is 0 Å². The highest BCUT2D eigenvalue weighted by Crippen LogP contribution is 2.26. The minimum Gasteiger partial charge on any atom is -0.325 e. The summed E-state index contributed by atoms with van der Waals surface area (Å²) in [6.45, 7) is 0. The lowest BCUT2D eigenvalue weighted by molar-refractivity contribution is -0.113. The third-order valence-electron chi connectivity index (χ3n) is 3.41. The highest BCUT2D eigenvalue weighted by atomic mass is 35.5. The summed E-state index contributed by atoms with van der Waals surface area (Å²) >= 11 is 9.04. The zero-order valence-electron chi connectivity index (χ0n) is 14.1. The molecule has 0 bridgehead atoms. The first kappa shape index (κ1) is 18.8. The largest absolute Gasteiger partial charge is 0.325 e. The van der Waals surface area contributed by atoms with Gasteiger partial charge in [0.1, 0.15) is 6.33 Å². The smallest absolute Gasteiger partial charge is 0.234 e. The Kier molecular flexibility index (Phi) is 6.60. The normalized spacial score (nSPS) is 10.7. The molecule has 134 valence electrons. The molecule has 2 aromatic carbocycles. The third-order valence-corrected chi connectivity index (χ3v) is 5.71. The Bertz CT molecular complexity index is 883. The summed E-state index contributed by atoms with van der Waals surface area (Å²) in [4.78, 5) is 13.1. The van der Waals surface area contributed by atoms with Crippen LogP contribution in [0, 0.1) is 0 Å². The molecule has 1 N–H and O–H groups in total. The second-order valence-corrected chi connectivity index (χ2v) is 7.98. The predicted molar refractivity (Wildman–Crippen MR) is 108 cm³/mol. The maximum Gasteiger partial charge on any atom is 0.234 e. The van der Waals surface area contributed by atoms with Crippen LogP contribution in [-0.4, -0.2) is 26.4 Å². The van der Waals surface area contributed by atoms with Gasteiger partial charge in [0.05, 0.1) is 5.75 Å². The first-order chi connectivity index (χ1) is 12.6. The van der Waals surface area contributed by atoms with Crippen molar-refractivity contribution in [3.05, 3.63) is 65.4 Å². The fourth-order valence-electron chi connectivity index (χ4n) is 2.16. The molecule has 1 heterocycles. The Morgan fingerprint density at radius 2 is 2.04 bits per heavy atom. The molecule has 0 spiro atoms. The van der Waals surface area contributed by atoms with E-state index in [1.807, 2.05) is 60.1 Å². The van der Waals surface area contributed by atoms with Gasteiger partial charge in [-0.3, -0.25) is 4.79 Å². The number of amides is 1. The van der Waals surface area contributed by atoms with E-state index in [9.17, 15) is 4.79 Å². The van der Waals surface area contributed by atoms with Crippen molar-refractivity contribution >= 4 is 46.7 Å². The molecule has 1 amide bonds. The van der Waals surface area contributed by atoms with E-state index in [1.54, 1.807) is 18.1 Å². The van der Waals surface area contributed by atoms with Gasteiger partial charge in [-0.05, 0) is 53.7 Å². The lowest BCUT2D eigenvalue weighted by Crippen LogP contribution is -2.14. The van der Waals surface area contributed by atoms with E-state index in [-0.39, 0.29) is 5.91 Å². The number of anilines is 1. The molecule has 8 heteroatoms. The number of halogens is 1. The number of rotatable bonds is 7. The van der Waals surface area contributed by atoms with Gasteiger partial charge >= 0.3 is 0 Å². The second-order valence-electron chi connectivity index (χ2n) is 5.52. The number of hydrogen-bond donors (Lipinski definition) is 1. The van der Waals surface area contributed by atoms with Crippen molar-refractivity contribution in [2.24, 2.45) is 7.05 Å². The van der Waals surface area contributed by atoms with Gasteiger partial charge in [-0.2, -0.15) is 0 Å². The average Bonchev–Trinajstić information content (AvgIpc) is 3.01. The number of nitrogens with zero attached hydrogens (tertiary/aromatic N) is 3. The van der Waals surface area contributed by atoms with Crippen LogP contribution in [0.2, 0.25) is 5.02 Å². The van der Waals surface area contributed by atoms with Crippen LogP contribution < -0.4 is 5.32 Å². The molecular weight excluding hydrogens is 388 g/mol. The summed E-state index contributed by atoms with van der Waals surface area (Å²) in [5.41, 5.74) is 1.89. The van der Waals surface area contributed by atoms with Crippen LogP contribution in [0.4, 0.5) is 5.69 Å². The summed E-state index contributed by atoms with van der Waals surface area (Å²) in [7, 11) is 1.90. The van der Waals surface area contributed by atoms with Crippen LogP contribution in [0.5, 0.6) is 0 Å². The van der Waals surface area contributed by atoms with E-state index >= 15 is 0 Å². The van der Waals surface area contributed by atoms with Crippen molar-refractivity contribution in [1.82, 2.24) is 14.8 Å². The van der Waals surface area contributed by atoms with Crippen LogP contribution in [-0.2, 0) is 17.6 Å². The van der Waals surface area contributed by atoms with E-state index in [1.165, 1.54) is 11.8 Å². The Balaban J connectivity index is 1.46. The molecule has 0 aliphatic heterocycles. The molecule has 5 nitrogen and oxygen atoms in total. The molecule has 0 aliphatic rings. The molecule has 0 atom stereocenters. The van der Waals surface area contributed by atoms with Gasteiger partial charge in [0.2, 0.25) is 5.91 Å². The number of carbonyl (C=O) groups excluding carboxylic acids is 1. The molecule has 26 heavy (non-hydrogen) atoms. The quantitative estimate of drug-likeness (QED) is 0.628. The number of carbonyl (C=O) groups is 1. The Hall–Kier alpha value is -1.96. The van der Waals surface area contributed by atoms with Gasteiger partial charge in [0, 0.05) is 28.4 Å². The number of nitrogens with one attached hydrogen (secondary N) is 1. The van der Waals surface area contributed by atoms with E-state index in [2.05, 4.69) is 15.5 Å². The minimum atomic E-state index is -0.0225. The molecule has 0 fully saturated rings. The molecular formula is C18H17ClN4OS2. The monoisotopic (exact) mass is 404 g/mol. The number of aryl methyl sites for hydroxylation is 1. The third kappa shape index (κ3) is 5.52. The van der Waals surface area contributed by atoms with Gasteiger partial charge < -0.3 is 9.88 Å².